The van der Waals surface area contributed by atoms with Gasteiger partial charge in [0.1, 0.15) is 0 Å². The number of aromatic nitrogens is 2. The Kier molecular flexibility index (Phi) is 5.59. The highest BCUT2D eigenvalue weighted by atomic mass is 16.2. The van der Waals surface area contributed by atoms with Crippen molar-refractivity contribution in [2.75, 3.05) is 6.54 Å². The number of carbonyl (C=O) groups is 1. The topological polar surface area (TPSA) is 50.2 Å². The second-order valence-electron chi connectivity index (χ2n) is 7.25. The van der Waals surface area contributed by atoms with Gasteiger partial charge in [0.15, 0.2) is 0 Å². The zero-order valence-corrected chi connectivity index (χ0v) is 15.5. The van der Waals surface area contributed by atoms with Crippen molar-refractivity contribution in [2.45, 2.75) is 83.8 Å². The van der Waals surface area contributed by atoms with Crippen LogP contribution in [-0.2, 0) is 31.2 Å². The maximum atomic E-state index is 12.8. The summed E-state index contributed by atoms with van der Waals surface area (Å²) >= 11 is 0. The van der Waals surface area contributed by atoms with Crippen molar-refractivity contribution in [3.05, 3.63) is 17.0 Å². The first-order chi connectivity index (χ1) is 11.7. The highest BCUT2D eigenvalue weighted by Gasteiger charge is 2.36. The molecule has 1 aromatic heterocycles. The van der Waals surface area contributed by atoms with E-state index in [1.165, 1.54) is 43.4 Å². The first-order valence-electron chi connectivity index (χ1n) is 9.73. The summed E-state index contributed by atoms with van der Waals surface area (Å²) in [5.74, 6) is 0.321. The predicted octanol–water partition coefficient (Wildman–Crippen LogP) is 2.57. The van der Waals surface area contributed by atoms with Gasteiger partial charge in [-0.25, -0.2) is 0 Å². The van der Waals surface area contributed by atoms with E-state index >= 15 is 0 Å². The number of nitrogens with zero attached hydrogens (tertiary/aromatic N) is 3. The molecule has 1 N–H and O–H groups in total. The average molecular weight is 332 g/mol. The summed E-state index contributed by atoms with van der Waals surface area (Å²) in [6.07, 6.45) is 9.15. The maximum Gasteiger partial charge on any atom is 0.240 e. The fourth-order valence-corrected chi connectivity index (χ4v) is 4.47. The molecule has 1 aromatic rings. The third-order valence-electron chi connectivity index (χ3n) is 5.81. The van der Waals surface area contributed by atoms with Gasteiger partial charge < -0.3 is 10.2 Å². The highest BCUT2D eigenvalue weighted by molar-refractivity contribution is 5.84. The minimum Gasteiger partial charge on any atom is -0.338 e. The Balaban J connectivity index is 1.62. The van der Waals surface area contributed by atoms with Crippen LogP contribution in [0.5, 0.6) is 0 Å². The van der Waals surface area contributed by atoms with E-state index in [0.29, 0.717) is 11.9 Å². The van der Waals surface area contributed by atoms with Crippen LogP contribution >= 0.6 is 0 Å². The Bertz CT molecular complexity index is 574. The zero-order valence-electron chi connectivity index (χ0n) is 15.5. The van der Waals surface area contributed by atoms with Crippen LogP contribution in [0, 0.1) is 0 Å². The van der Waals surface area contributed by atoms with E-state index in [1.54, 1.807) is 0 Å². The first-order valence-corrected chi connectivity index (χ1v) is 9.73. The maximum absolute atomic E-state index is 12.8. The summed E-state index contributed by atoms with van der Waals surface area (Å²) in [5.41, 5.74) is 3.75. The molecule has 2 fully saturated rings. The molecule has 1 saturated carbocycles. The molecule has 5 heteroatoms. The van der Waals surface area contributed by atoms with Crippen molar-refractivity contribution in [3.8, 4) is 0 Å². The van der Waals surface area contributed by atoms with Gasteiger partial charge in [-0.15, -0.1) is 0 Å². The quantitative estimate of drug-likeness (QED) is 0.871. The molecular formula is C19H32N4O. The van der Waals surface area contributed by atoms with Gasteiger partial charge in [0.05, 0.1) is 11.7 Å². The molecule has 0 aromatic carbocycles. The molecule has 2 aliphatic rings. The third kappa shape index (κ3) is 3.37. The van der Waals surface area contributed by atoms with E-state index in [9.17, 15) is 4.79 Å². The molecule has 0 bridgehead atoms. The number of amides is 1. The van der Waals surface area contributed by atoms with Crippen LogP contribution in [-0.4, -0.2) is 39.2 Å². The van der Waals surface area contributed by atoms with Gasteiger partial charge in [-0.1, -0.05) is 33.1 Å². The summed E-state index contributed by atoms with van der Waals surface area (Å²) in [5, 5.41) is 8.17. The van der Waals surface area contributed by atoms with Gasteiger partial charge in [-0.05, 0) is 32.1 Å². The zero-order chi connectivity index (χ0) is 17.1. The van der Waals surface area contributed by atoms with Crippen molar-refractivity contribution in [1.29, 1.82) is 0 Å². The van der Waals surface area contributed by atoms with E-state index in [4.69, 9.17) is 0 Å². The lowest BCUT2D eigenvalue weighted by atomic mass is 9.94. The summed E-state index contributed by atoms with van der Waals surface area (Å²) < 4.78 is 2.00. The Morgan fingerprint density at radius 1 is 1.12 bits per heavy atom. The van der Waals surface area contributed by atoms with Crippen LogP contribution < -0.4 is 5.32 Å². The van der Waals surface area contributed by atoms with E-state index < -0.39 is 0 Å². The number of carbonyl (C=O) groups excluding carboxylic acids is 1. The number of rotatable bonds is 6. The van der Waals surface area contributed by atoms with E-state index in [0.717, 1.165) is 38.0 Å². The molecule has 1 atom stereocenters. The van der Waals surface area contributed by atoms with Crippen LogP contribution in [0.4, 0.5) is 0 Å². The summed E-state index contributed by atoms with van der Waals surface area (Å²) in [6.45, 7) is 6.01. The Labute approximate surface area is 145 Å². The van der Waals surface area contributed by atoms with Gasteiger partial charge in [0.25, 0.3) is 0 Å². The van der Waals surface area contributed by atoms with Crippen LogP contribution in [0.1, 0.15) is 69.3 Å². The molecule has 134 valence electrons. The van der Waals surface area contributed by atoms with Crippen LogP contribution in [0.2, 0.25) is 0 Å². The molecule has 24 heavy (non-hydrogen) atoms. The number of hydrogen-bond donors (Lipinski definition) is 1. The van der Waals surface area contributed by atoms with Crippen molar-refractivity contribution in [2.24, 2.45) is 7.05 Å². The second kappa shape index (κ2) is 7.68. The molecule has 1 amide bonds. The molecular weight excluding hydrogens is 300 g/mol. The molecule has 2 heterocycles. The predicted molar refractivity (Wildman–Crippen MR) is 95.8 cm³/mol. The van der Waals surface area contributed by atoms with Crippen molar-refractivity contribution in [1.82, 2.24) is 20.0 Å². The minimum absolute atomic E-state index is 0.0125. The lowest BCUT2D eigenvalue weighted by Crippen LogP contribution is -2.43. The lowest BCUT2D eigenvalue weighted by molar-refractivity contribution is -0.132. The van der Waals surface area contributed by atoms with Gasteiger partial charge in [-0.2, -0.15) is 5.10 Å². The Morgan fingerprint density at radius 2 is 1.88 bits per heavy atom. The monoisotopic (exact) mass is 332 g/mol. The molecule has 0 spiro atoms. The van der Waals surface area contributed by atoms with Gasteiger partial charge >= 0.3 is 0 Å². The molecule has 3 rings (SSSR count). The smallest absolute Gasteiger partial charge is 0.240 e. The Hall–Kier alpha value is -1.36. The number of aryl methyl sites for hydroxylation is 2. The fraction of sp³-hybridized carbons (Fsp3) is 0.789. The average Bonchev–Trinajstić information content (AvgIpc) is 3.12. The molecule has 1 saturated heterocycles. The van der Waals surface area contributed by atoms with Gasteiger partial charge in [0, 0.05) is 37.4 Å². The first kappa shape index (κ1) is 17.5. The largest absolute Gasteiger partial charge is 0.338 e. The van der Waals surface area contributed by atoms with Crippen LogP contribution in [0.15, 0.2) is 0 Å². The molecule has 1 aliphatic heterocycles. The standard InChI is InChI=1S/C19H32N4O/c1-4-16-15(18(5-2)22(3)21-16)13-20-17-11-12-23(19(17)24)14-9-7-6-8-10-14/h14,17,20H,4-13H2,1-3H3. The number of likely N-dealkylation sites (tertiary alicyclic amines) is 1. The molecule has 1 aliphatic carbocycles. The normalized spacial score (nSPS) is 22.5. The van der Waals surface area contributed by atoms with E-state index in [1.807, 2.05) is 11.7 Å². The molecule has 5 nitrogen and oxygen atoms in total. The summed E-state index contributed by atoms with van der Waals surface area (Å²) in [4.78, 5) is 14.9. The molecule has 1 unspecified atom stereocenters. The SMILES string of the molecule is CCc1nn(C)c(CC)c1CNC1CCN(C2CCCCC2)C1=O. The summed E-state index contributed by atoms with van der Waals surface area (Å²) in [7, 11) is 2.02. The van der Waals surface area contributed by atoms with Crippen molar-refractivity contribution >= 4 is 5.91 Å². The molecule has 0 radical (unpaired) electrons. The highest BCUT2D eigenvalue weighted by Crippen LogP contribution is 2.26. The number of nitrogens with one attached hydrogen (secondary N) is 1. The van der Waals surface area contributed by atoms with Gasteiger partial charge in [0.2, 0.25) is 5.91 Å². The van der Waals surface area contributed by atoms with Gasteiger partial charge in [-0.3, -0.25) is 9.48 Å². The van der Waals surface area contributed by atoms with Crippen LogP contribution in [0.3, 0.4) is 0 Å². The van der Waals surface area contributed by atoms with Crippen molar-refractivity contribution in [3.63, 3.8) is 0 Å². The van der Waals surface area contributed by atoms with Crippen LogP contribution in [0.25, 0.3) is 0 Å². The second-order valence-corrected chi connectivity index (χ2v) is 7.25. The van der Waals surface area contributed by atoms with E-state index in [2.05, 4.69) is 29.2 Å². The third-order valence-corrected chi connectivity index (χ3v) is 5.81. The number of hydrogen-bond acceptors (Lipinski definition) is 3. The minimum atomic E-state index is -0.0125. The van der Waals surface area contributed by atoms with Crippen molar-refractivity contribution < 1.29 is 4.79 Å². The fourth-order valence-electron chi connectivity index (χ4n) is 4.47. The summed E-state index contributed by atoms with van der Waals surface area (Å²) in [6, 6.07) is 0.482. The van der Waals surface area contributed by atoms with E-state index in [-0.39, 0.29) is 6.04 Å². The Morgan fingerprint density at radius 3 is 2.54 bits per heavy atom. The lowest BCUT2D eigenvalue weighted by Gasteiger charge is -2.31.